The van der Waals surface area contributed by atoms with Crippen molar-refractivity contribution in [3.8, 4) is 17.6 Å². The number of benzene rings is 2. The SMILES string of the molecule is CCc1ccccc1Oc1ccc(F)cc1C#N. The second-order valence-electron chi connectivity index (χ2n) is 3.82. The molecule has 0 heterocycles. The average Bonchev–Trinajstić information content (AvgIpc) is 2.41. The monoisotopic (exact) mass is 241 g/mol. The van der Waals surface area contributed by atoms with Gasteiger partial charge in [-0.15, -0.1) is 0 Å². The molecule has 0 radical (unpaired) electrons. The summed E-state index contributed by atoms with van der Waals surface area (Å²) in [6.45, 7) is 2.03. The van der Waals surface area contributed by atoms with Crippen molar-refractivity contribution in [1.29, 1.82) is 5.26 Å². The Labute approximate surface area is 105 Å². The van der Waals surface area contributed by atoms with Crippen LogP contribution in [0.25, 0.3) is 0 Å². The Hall–Kier alpha value is -2.34. The van der Waals surface area contributed by atoms with Gasteiger partial charge in [0.25, 0.3) is 0 Å². The summed E-state index contributed by atoms with van der Waals surface area (Å²) in [5.41, 5.74) is 1.24. The molecule has 0 bridgehead atoms. The van der Waals surface area contributed by atoms with E-state index in [9.17, 15) is 4.39 Å². The predicted molar refractivity (Wildman–Crippen MR) is 67.0 cm³/mol. The number of nitrogens with zero attached hydrogens (tertiary/aromatic N) is 1. The third-order valence-electron chi connectivity index (χ3n) is 2.64. The maximum atomic E-state index is 13.0. The van der Waals surface area contributed by atoms with Crippen LogP contribution in [0.3, 0.4) is 0 Å². The summed E-state index contributed by atoms with van der Waals surface area (Å²) in [5.74, 6) is 0.630. The Morgan fingerprint density at radius 3 is 2.67 bits per heavy atom. The van der Waals surface area contributed by atoms with Gasteiger partial charge in [0.2, 0.25) is 0 Å². The van der Waals surface area contributed by atoms with Gasteiger partial charge in [0, 0.05) is 0 Å². The first kappa shape index (κ1) is 12.1. The molecule has 2 aromatic carbocycles. The largest absolute Gasteiger partial charge is 0.456 e. The first-order valence-electron chi connectivity index (χ1n) is 5.70. The number of rotatable bonds is 3. The lowest BCUT2D eigenvalue weighted by atomic mass is 10.1. The molecule has 0 atom stereocenters. The van der Waals surface area contributed by atoms with Crippen molar-refractivity contribution in [2.45, 2.75) is 13.3 Å². The Morgan fingerprint density at radius 1 is 1.17 bits per heavy atom. The van der Waals surface area contributed by atoms with Crippen molar-refractivity contribution < 1.29 is 9.13 Å². The number of hydrogen-bond acceptors (Lipinski definition) is 2. The van der Waals surface area contributed by atoms with Crippen molar-refractivity contribution >= 4 is 0 Å². The van der Waals surface area contributed by atoms with Crippen molar-refractivity contribution in [3.05, 3.63) is 59.4 Å². The number of hydrogen-bond donors (Lipinski definition) is 0. The van der Waals surface area contributed by atoms with Gasteiger partial charge in [-0.05, 0) is 36.2 Å². The Bertz CT molecular complexity index is 602. The Balaban J connectivity index is 2.37. The van der Waals surface area contributed by atoms with Crippen molar-refractivity contribution in [2.75, 3.05) is 0 Å². The van der Waals surface area contributed by atoms with E-state index < -0.39 is 5.82 Å². The zero-order chi connectivity index (χ0) is 13.0. The number of aryl methyl sites for hydroxylation is 1. The topological polar surface area (TPSA) is 33.0 Å². The quantitative estimate of drug-likeness (QED) is 0.812. The molecule has 90 valence electrons. The van der Waals surface area contributed by atoms with E-state index in [1.54, 1.807) is 0 Å². The summed E-state index contributed by atoms with van der Waals surface area (Å²) in [7, 11) is 0. The summed E-state index contributed by atoms with van der Waals surface area (Å²) in [6, 6.07) is 13.5. The molecule has 0 spiro atoms. The van der Waals surface area contributed by atoms with Crippen LogP contribution >= 0.6 is 0 Å². The smallest absolute Gasteiger partial charge is 0.145 e. The molecule has 0 amide bonds. The van der Waals surface area contributed by atoms with Gasteiger partial charge in [0.05, 0.1) is 5.56 Å². The van der Waals surface area contributed by atoms with Crippen molar-refractivity contribution in [3.63, 3.8) is 0 Å². The second-order valence-corrected chi connectivity index (χ2v) is 3.82. The Morgan fingerprint density at radius 2 is 1.94 bits per heavy atom. The van der Waals surface area contributed by atoms with Gasteiger partial charge in [-0.25, -0.2) is 4.39 Å². The number of nitriles is 1. The molecule has 0 aliphatic heterocycles. The molecule has 3 heteroatoms. The van der Waals surface area contributed by atoms with Crippen LogP contribution in [0, 0.1) is 17.1 Å². The van der Waals surface area contributed by atoms with Gasteiger partial charge < -0.3 is 4.74 Å². The Kier molecular flexibility index (Phi) is 3.59. The molecule has 0 aliphatic rings. The van der Waals surface area contributed by atoms with Gasteiger partial charge in [0.1, 0.15) is 23.4 Å². The molecular weight excluding hydrogens is 229 g/mol. The number of ether oxygens (including phenoxy) is 1. The van der Waals surface area contributed by atoms with E-state index in [4.69, 9.17) is 10.00 Å². The van der Waals surface area contributed by atoms with Crippen LogP contribution in [0.4, 0.5) is 4.39 Å². The lowest BCUT2D eigenvalue weighted by Crippen LogP contribution is -1.93. The molecule has 0 fully saturated rings. The molecule has 2 nitrogen and oxygen atoms in total. The van der Waals surface area contributed by atoms with E-state index in [1.165, 1.54) is 18.2 Å². The van der Waals surface area contributed by atoms with Crippen LogP contribution in [0.15, 0.2) is 42.5 Å². The molecule has 0 unspecified atom stereocenters. The average molecular weight is 241 g/mol. The fraction of sp³-hybridized carbons (Fsp3) is 0.133. The minimum Gasteiger partial charge on any atom is -0.456 e. The van der Waals surface area contributed by atoms with Crippen LogP contribution in [-0.4, -0.2) is 0 Å². The molecular formula is C15H12FNO. The van der Waals surface area contributed by atoms with Crippen LogP contribution in [-0.2, 0) is 6.42 Å². The standard InChI is InChI=1S/C15H12FNO/c1-2-11-5-3-4-6-14(11)18-15-8-7-13(16)9-12(15)10-17/h3-9H,2H2,1H3. The first-order chi connectivity index (χ1) is 8.74. The van der Waals surface area contributed by atoms with Gasteiger partial charge in [-0.1, -0.05) is 25.1 Å². The highest BCUT2D eigenvalue weighted by Gasteiger charge is 2.08. The van der Waals surface area contributed by atoms with Crippen LogP contribution in [0.1, 0.15) is 18.1 Å². The summed E-state index contributed by atoms with van der Waals surface area (Å²) >= 11 is 0. The second kappa shape index (κ2) is 5.33. The molecule has 0 aliphatic carbocycles. The normalized spacial score (nSPS) is 9.83. The van der Waals surface area contributed by atoms with E-state index in [-0.39, 0.29) is 5.56 Å². The zero-order valence-electron chi connectivity index (χ0n) is 9.98. The van der Waals surface area contributed by atoms with Gasteiger partial charge in [-0.2, -0.15) is 5.26 Å². The minimum absolute atomic E-state index is 0.195. The molecule has 0 saturated carbocycles. The molecule has 0 aromatic heterocycles. The molecule has 18 heavy (non-hydrogen) atoms. The van der Waals surface area contributed by atoms with Crippen LogP contribution < -0.4 is 4.74 Å². The maximum Gasteiger partial charge on any atom is 0.145 e. The van der Waals surface area contributed by atoms with Crippen LogP contribution in [0.5, 0.6) is 11.5 Å². The summed E-state index contributed by atoms with van der Waals surface area (Å²) < 4.78 is 18.7. The fourth-order valence-corrected chi connectivity index (χ4v) is 1.69. The van der Waals surface area contributed by atoms with Gasteiger partial charge in [-0.3, -0.25) is 0 Å². The van der Waals surface area contributed by atoms with E-state index in [0.29, 0.717) is 11.5 Å². The zero-order valence-corrected chi connectivity index (χ0v) is 9.98. The molecule has 2 rings (SSSR count). The highest BCUT2D eigenvalue weighted by molar-refractivity contribution is 5.46. The lowest BCUT2D eigenvalue weighted by Gasteiger charge is -2.10. The minimum atomic E-state index is -0.442. The third kappa shape index (κ3) is 2.49. The number of para-hydroxylation sites is 1. The highest BCUT2D eigenvalue weighted by atomic mass is 19.1. The lowest BCUT2D eigenvalue weighted by molar-refractivity contribution is 0.473. The molecule has 0 N–H and O–H groups in total. The molecule has 0 saturated heterocycles. The van der Waals surface area contributed by atoms with Gasteiger partial charge in [0.15, 0.2) is 0 Å². The van der Waals surface area contributed by atoms with E-state index in [2.05, 4.69) is 0 Å². The van der Waals surface area contributed by atoms with E-state index in [1.807, 2.05) is 37.3 Å². The van der Waals surface area contributed by atoms with Crippen LogP contribution in [0.2, 0.25) is 0 Å². The number of halogens is 1. The maximum absolute atomic E-state index is 13.0. The van der Waals surface area contributed by atoms with Crippen molar-refractivity contribution in [2.24, 2.45) is 0 Å². The summed E-state index contributed by atoms with van der Waals surface area (Å²) in [5, 5.41) is 8.95. The highest BCUT2D eigenvalue weighted by Crippen LogP contribution is 2.28. The van der Waals surface area contributed by atoms with Crippen molar-refractivity contribution in [1.82, 2.24) is 0 Å². The van der Waals surface area contributed by atoms with E-state index in [0.717, 1.165) is 12.0 Å². The van der Waals surface area contributed by atoms with Gasteiger partial charge >= 0.3 is 0 Å². The summed E-state index contributed by atoms with van der Waals surface area (Å²) in [6.07, 6.45) is 0.833. The fourth-order valence-electron chi connectivity index (χ4n) is 1.69. The third-order valence-corrected chi connectivity index (χ3v) is 2.64. The predicted octanol–water partition coefficient (Wildman–Crippen LogP) is 4.05. The first-order valence-corrected chi connectivity index (χ1v) is 5.70. The molecule has 2 aromatic rings. The summed E-state index contributed by atoms with van der Waals surface area (Å²) in [4.78, 5) is 0. The van der Waals surface area contributed by atoms with E-state index >= 15 is 0 Å².